The van der Waals surface area contributed by atoms with Crippen molar-refractivity contribution in [2.24, 2.45) is 5.92 Å². The summed E-state index contributed by atoms with van der Waals surface area (Å²) in [4.78, 5) is 15.0. The summed E-state index contributed by atoms with van der Waals surface area (Å²) in [5.41, 5.74) is 1.13. The Morgan fingerprint density at radius 1 is 1.43 bits per heavy atom. The fourth-order valence-electron chi connectivity index (χ4n) is 5.10. The molecule has 0 radical (unpaired) electrons. The lowest BCUT2D eigenvalue weighted by Crippen LogP contribution is -2.57. The van der Waals surface area contributed by atoms with E-state index >= 15 is 0 Å². The van der Waals surface area contributed by atoms with Crippen LogP contribution in [0.3, 0.4) is 0 Å². The molecular formula is C26H36FN5O3. The maximum absolute atomic E-state index is 14.9. The molecule has 3 rings (SSSR count). The summed E-state index contributed by atoms with van der Waals surface area (Å²) in [6, 6.07) is 5.21. The van der Waals surface area contributed by atoms with Crippen molar-refractivity contribution < 1.29 is 19.0 Å². The normalized spacial score (nSPS) is 24.1. The van der Waals surface area contributed by atoms with Gasteiger partial charge in [-0.2, -0.15) is 5.26 Å². The Bertz CT molecular complexity index is 1030. The number of benzene rings is 1. The van der Waals surface area contributed by atoms with E-state index in [4.69, 9.17) is 10.1 Å². The first kappa shape index (κ1) is 26.8. The Balaban J connectivity index is 1.72. The van der Waals surface area contributed by atoms with Gasteiger partial charge in [-0.05, 0) is 70.1 Å². The van der Waals surface area contributed by atoms with Crippen LogP contribution in [0.1, 0.15) is 58.1 Å². The van der Waals surface area contributed by atoms with E-state index in [-0.39, 0.29) is 24.3 Å². The highest BCUT2D eigenvalue weighted by molar-refractivity contribution is 6.21. The number of aliphatic hydroxyl groups is 1. The molecule has 5 atom stereocenters. The minimum absolute atomic E-state index is 0.00482. The van der Waals surface area contributed by atoms with E-state index in [1.54, 1.807) is 37.2 Å². The predicted molar refractivity (Wildman–Crippen MR) is 132 cm³/mol. The second kappa shape index (κ2) is 10.9. The smallest absolute Gasteiger partial charge is 0.238 e. The molecule has 2 bridgehead atoms. The van der Waals surface area contributed by atoms with E-state index in [0.29, 0.717) is 22.4 Å². The van der Waals surface area contributed by atoms with Crippen molar-refractivity contribution in [2.75, 3.05) is 7.05 Å². The highest BCUT2D eigenvalue weighted by Crippen LogP contribution is 2.44. The number of carbonyl (C=O) groups excluding carboxylic acids is 1. The Hall–Kier alpha value is -2.80. The fourth-order valence-corrected chi connectivity index (χ4v) is 5.10. The number of aliphatic hydroxyl groups excluding tert-OH is 1. The van der Waals surface area contributed by atoms with Gasteiger partial charge in [0.15, 0.2) is 0 Å². The number of rotatable bonds is 9. The van der Waals surface area contributed by atoms with Crippen molar-refractivity contribution in [3.8, 4) is 6.07 Å². The van der Waals surface area contributed by atoms with Crippen LogP contribution in [-0.4, -0.2) is 58.8 Å². The van der Waals surface area contributed by atoms with Crippen molar-refractivity contribution in [1.29, 1.82) is 10.7 Å². The van der Waals surface area contributed by atoms with Gasteiger partial charge in [0.2, 0.25) is 12.3 Å². The SMILES string of the molecule is CN/C=C(\C(C)=N)c1ccc(C[C@@H](C#N)NC(=O)[C@@H]2[C@H]3CC[C@H](C3)N2C(O)OC(C)(C)C)c(F)c1. The van der Waals surface area contributed by atoms with Crippen LogP contribution in [0.4, 0.5) is 4.39 Å². The minimum atomic E-state index is -1.22. The summed E-state index contributed by atoms with van der Waals surface area (Å²) in [7, 11) is 1.71. The number of nitrogens with one attached hydrogen (secondary N) is 3. The van der Waals surface area contributed by atoms with Crippen LogP contribution in [0, 0.1) is 28.5 Å². The summed E-state index contributed by atoms with van der Waals surface area (Å²) in [5.74, 6) is -0.776. The second-order valence-electron chi connectivity index (χ2n) is 10.3. The van der Waals surface area contributed by atoms with Crippen molar-refractivity contribution in [3.63, 3.8) is 0 Å². The number of carbonyl (C=O) groups is 1. The van der Waals surface area contributed by atoms with E-state index in [2.05, 4.69) is 16.7 Å². The Morgan fingerprint density at radius 2 is 2.14 bits per heavy atom. The average molecular weight is 486 g/mol. The maximum atomic E-state index is 14.9. The first-order valence-electron chi connectivity index (χ1n) is 12.0. The van der Waals surface area contributed by atoms with Gasteiger partial charge < -0.3 is 25.9 Å². The van der Waals surface area contributed by atoms with E-state index in [9.17, 15) is 19.6 Å². The molecule has 1 amide bonds. The van der Waals surface area contributed by atoms with Crippen LogP contribution in [-0.2, 0) is 16.0 Å². The molecular weight excluding hydrogens is 449 g/mol. The van der Waals surface area contributed by atoms with Gasteiger partial charge in [-0.3, -0.25) is 4.79 Å². The van der Waals surface area contributed by atoms with Crippen LogP contribution in [0.2, 0.25) is 0 Å². The van der Waals surface area contributed by atoms with Crippen LogP contribution in [0.15, 0.2) is 24.4 Å². The Morgan fingerprint density at radius 3 is 2.71 bits per heavy atom. The highest BCUT2D eigenvalue weighted by atomic mass is 19.1. The van der Waals surface area contributed by atoms with Gasteiger partial charge in [0.25, 0.3) is 0 Å². The third-order valence-electron chi connectivity index (χ3n) is 6.57. The van der Waals surface area contributed by atoms with Gasteiger partial charge in [-0.15, -0.1) is 0 Å². The van der Waals surface area contributed by atoms with Gasteiger partial charge >= 0.3 is 0 Å². The molecule has 1 heterocycles. The molecule has 1 aliphatic carbocycles. The fraction of sp³-hybridized carbons (Fsp3) is 0.577. The number of allylic oxidation sites excluding steroid dienone is 1. The van der Waals surface area contributed by atoms with Crippen molar-refractivity contribution >= 4 is 17.2 Å². The number of hydrogen-bond acceptors (Lipinski definition) is 7. The number of ether oxygens (including phenoxy) is 1. The number of fused-ring (bicyclic) bond motifs is 2. The quantitative estimate of drug-likeness (QED) is 0.315. The lowest BCUT2D eigenvalue weighted by molar-refractivity contribution is -0.254. The van der Waals surface area contributed by atoms with Gasteiger partial charge in [-0.1, -0.05) is 12.1 Å². The second-order valence-corrected chi connectivity index (χ2v) is 10.3. The summed E-state index contributed by atoms with van der Waals surface area (Å²) in [6.45, 7) is 7.14. The molecule has 0 spiro atoms. The first-order chi connectivity index (χ1) is 16.4. The number of amides is 1. The topological polar surface area (TPSA) is 121 Å². The largest absolute Gasteiger partial charge is 0.393 e. The number of halogens is 1. The summed E-state index contributed by atoms with van der Waals surface area (Å²) in [5, 5.41) is 33.9. The zero-order valence-electron chi connectivity index (χ0n) is 21.1. The van der Waals surface area contributed by atoms with Crippen molar-refractivity contribution in [2.45, 2.75) is 83.5 Å². The highest BCUT2D eigenvalue weighted by Gasteiger charge is 2.52. The lowest BCUT2D eigenvalue weighted by atomic mass is 9.96. The van der Waals surface area contributed by atoms with E-state index < -0.39 is 29.9 Å². The van der Waals surface area contributed by atoms with Gasteiger partial charge in [0.1, 0.15) is 11.9 Å². The van der Waals surface area contributed by atoms with Crippen LogP contribution < -0.4 is 10.6 Å². The molecule has 9 heteroatoms. The monoisotopic (exact) mass is 485 g/mol. The molecule has 8 nitrogen and oxygen atoms in total. The summed E-state index contributed by atoms with van der Waals surface area (Å²) in [6.07, 6.45) is 2.98. The summed E-state index contributed by atoms with van der Waals surface area (Å²) >= 11 is 0. The van der Waals surface area contributed by atoms with E-state index in [1.165, 1.54) is 6.07 Å². The van der Waals surface area contributed by atoms with Crippen LogP contribution in [0.25, 0.3) is 5.57 Å². The van der Waals surface area contributed by atoms with Crippen molar-refractivity contribution in [1.82, 2.24) is 15.5 Å². The Kier molecular flexibility index (Phi) is 8.31. The standard InChI is InChI=1S/C26H36FN5O3/c1-15(29)21(14-30-5)16-6-7-17(22(27)12-16)10-19(13-28)31-24(33)23-18-8-9-20(11-18)32(23)25(34)35-26(2,3)4/h6-7,12,14,18-20,23,25,29-30,34H,8-11H2,1-5H3,(H,31,33)/b21-14+,29-15?/t18-,19-,20+,23-,25?/m0/s1. The maximum Gasteiger partial charge on any atom is 0.238 e. The molecule has 2 aliphatic rings. The minimum Gasteiger partial charge on any atom is -0.393 e. The molecule has 1 saturated heterocycles. The molecule has 1 aromatic rings. The first-order valence-corrected chi connectivity index (χ1v) is 12.0. The zero-order chi connectivity index (χ0) is 25.9. The third kappa shape index (κ3) is 6.26. The Labute approximate surface area is 206 Å². The van der Waals surface area contributed by atoms with E-state index in [0.717, 1.165) is 19.3 Å². The number of nitrogens with zero attached hydrogens (tertiary/aromatic N) is 2. The van der Waals surface area contributed by atoms with Gasteiger partial charge in [0, 0.05) is 37.0 Å². The van der Waals surface area contributed by atoms with Gasteiger partial charge in [0.05, 0.1) is 17.7 Å². The number of nitriles is 1. The van der Waals surface area contributed by atoms with Gasteiger partial charge in [-0.25, -0.2) is 9.29 Å². The predicted octanol–water partition coefficient (Wildman–Crippen LogP) is 2.92. The van der Waals surface area contributed by atoms with Crippen molar-refractivity contribution in [3.05, 3.63) is 41.3 Å². The molecule has 1 saturated carbocycles. The molecule has 4 N–H and O–H groups in total. The molecule has 190 valence electrons. The molecule has 1 aliphatic heterocycles. The zero-order valence-corrected chi connectivity index (χ0v) is 21.1. The number of piperidine rings is 1. The molecule has 0 aromatic heterocycles. The number of hydrogen-bond donors (Lipinski definition) is 4. The molecule has 35 heavy (non-hydrogen) atoms. The molecule has 1 unspecified atom stereocenters. The summed E-state index contributed by atoms with van der Waals surface area (Å²) < 4.78 is 20.6. The molecule has 2 fully saturated rings. The van der Waals surface area contributed by atoms with Crippen LogP contribution in [0.5, 0.6) is 0 Å². The molecule has 1 aromatic carbocycles. The van der Waals surface area contributed by atoms with Crippen LogP contribution >= 0.6 is 0 Å². The lowest BCUT2D eigenvalue weighted by Gasteiger charge is -2.39. The number of likely N-dealkylation sites (tertiary alicyclic amines) is 1. The van der Waals surface area contributed by atoms with E-state index in [1.807, 2.05) is 20.8 Å². The average Bonchev–Trinajstić information content (AvgIpc) is 3.38. The third-order valence-corrected chi connectivity index (χ3v) is 6.57.